The lowest BCUT2D eigenvalue weighted by molar-refractivity contribution is -0.134. The molecule has 1 fully saturated rings. The molecule has 1 unspecified atom stereocenters. The number of rotatable bonds is 8. The fourth-order valence-corrected chi connectivity index (χ4v) is 2.73. The molecule has 134 valence electrons. The van der Waals surface area contributed by atoms with Crippen molar-refractivity contribution in [2.24, 2.45) is 5.73 Å². The highest BCUT2D eigenvalue weighted by Crippen LogP contribution is 2.28. The number of hydrogen-bond donors (Lipinski definition) is 1. The Kier molecular flexibility index (Phi) is 7.30. The van der Waals surface area contributed by atoms with Crippen LogP contribution in [0.3, 0.4) is 0 Å². The van der Waals surface area contributed by atoms with Crippen LogP contribution in [0.1, 0.15) is 0 Å². The van der Waals surface area contributed by atoms with Crippen molar-refractivity contribution in [1.29, 1.82) is 0 Å². The van der Waals surface area contributed by atoms with E-state index < -0.39 is 6.04 Å². The van der Waals surface area contributed by atoms with Crippen LogP contribution in [0.5, 0.6) is 5.75 Å². The second kappa shape index (κ2) is 9.46. The molecule has 7 nitrogen and oxygen atoms in total. The minimum absolute atomic E-state index is 0.0545. The number of nitrogens with two attached hydrogens (primary N) is 1. The molecule has 1 aromatic rings. The molecule has 0 radical (unpaired) electrons. The van der Waals surface area contributed by atoms with E-state index in [0.717, 1.165) is 24.5 Å². The molecule has 0 aromatic heterocycles. The molecule has 0 bridgehead atoms. The van der Waals surface area contributed by atoms with E-state index in [2.05, 4.69) is 4.90 Å². The van der Waals surface area contributed by atoms with Crippen molar-refractivity contribution >= 4 is 11.6 Å². The smallest absolute Gasteiger partial charge is 0.241 e. The fourth-order valence-electron chi connectivity index (χ4n) is 2.73. The van der Waals surface area contributed by atoms with E-state index in [4.69, 9.17) is 19.9 Å². The lowest BCUT2D eigenvalue weighted by Crippen LogP contribution is -2.54. The van der Waals surface area contributed by atoms with Crippen LogP contribution in [0, 0.1) is 0 Å². The van der Waals surface area contributed by atoms with Crippen molar-refractivity contribution in [1.82, 2.24) is 4.90 Å². The highest BCUT2D eigenvalue weighted by atomic mass is 16.5. The van der Waals surface area contributed by atoms with Gasteiger partial charge >= 0.3 is 0 Å². The maximum absolute atomic E-state index is 12.2. The second-order valence-electron chi connectivity index (χ2n) is 5.68. The molecule has 1 saturated heterocycles. The number of methoxy groups -OCH3 is 2. The zero-order valence-electron chi connectivity index (χ0n) is 14.4. The van der Waals surface area contributed by atoms with Gasteiger partial charge in [0.2, 0.25) is 5.91 Å². The quantitative estimate of drug-likeness (QED) is 0.689. The Morgan fingerprint density at radius 1 is 1.12 bits per heavy atom. The van der Waals surface area contributed by atoms with Crippen molar-refractivity contribution in [2.75, 3.05) is 65.1 Å². The molecule has 1 amide bonds. The number of para-hydroxylation sites is 2. The minimum Gasteiger partial charge on any atom is -0.489 e. The molecule has 7 heteroatoms. The van der Waals surface area contributed by atoms with E-state index >= 15 is 0 Å². The molecule has 1 heterocycles. The van der Waals surface area contributed by atoms with E-state index in [-0.39, 0.29) is 12.5 Å². The Hall–Kier alpha value is -1.83. The molecule has 1 aromatic carbocycles. The van der Waals surface area contributed by atoms with Gasteiger partial charge in [-0.25, -0.2) is 0 Å². The molecule has 1 aliphatic rings. The van der Waals surface area contributed by atoms with Crippen molar-refractivity contribution in [3.8, 4) is 5.75 Å². The maximum atomic E-state index is 12.2. The number of piperazine rings is 1. The van der Waals surface area contributed by atoms with Crippen molar-refractivity contribution in [3.63, 3.8) is 0 Å². The van der Waals surface area contributed by atoms with Crippen LogP contribution >= 0.6 is 0 Å². The van der Waals surface area contributed by atoms with Crippen LogP contribution in [0.25, 0.3) is 0 Å². The Morgan fingerprint density at radius 3 is 2.50 bits per heavy atom. The molecular weight excluding hydrogens is 310 g/mol. The highest BCUT2D eigenvalue weighted by Gasteiger charge is 2.26. The third kappa shape index (κ3) is 4.83. The van der Waals surface area contributed by atoms with E-state index in [9.17, 15) is 4.79 Å². The summed E-state index contributed by atoms with van der Waals surface area (Å²) in [5, 5.41) is 0. The number of amides is 1. The van der Waals surface area contributed by atoms with Crippen molar-refractivity contribution in [3.05, 3.63) is 24.3 Å². The second-order valence-corrected chi connectivity index (χ2v) is 5.68. The average Bonchev–Trinajstić information content (AvgIpc) is 2.62. The standard InChI is InChI=1S/C17H27N3O4/c1-22-11-12-24-16-6-4-3-5-15(16)19-7-9-20(10-8-19)17(21)14(18)13-23-2/h3-6,14H,7-13,18H2,1-2H3. The topological polar surface area (TPSA) is 77.3 Å². The van der Waals surface area contributed by atoms with Gasteiger partial charge in [-0.3, -0.25) is 4.79 Å². The first-order chi connectivity index (χ1) is 11.7. The number of carbonyl (C=O) groups is 1. The Labute approximate surface area is 143 Å². The number of ether oxygens (including phenoxy) is 3. The fraction of sp³-hybridized carbons (Fsp3) is 0.588. The van der Waals surface area contributed by atoms with Crippen molar-refractivity contribution in [2.45, 2.75) is 6.04 Å². The zero-order chi connectivity index (χ0) is 17.4. The first-order valence-corrected chi connectivity index (χ1v) is 8.16. The summed E-state index contributed by atoms with van der Waals surface area (Å²) in [7, 11) is 3.20. The van der Waals surface area contributed by atoms with Crippen LogP contribution in [0.2, 0.25) is 0 Å². The number of nitrogens with zero attached hydrogens (tertiary/aromatic N) is 2. The minimum atomic E-state index is -0.591. The third-order valence-corrected chi connectivity index (χ3v) is 4.01. The summed E-state index contributed by atoms with van der Waals surface area (Å²) < 4.78 is 15.8. The summed E-state index contributed by atoms with van der Waals surface area (Å²) in [6.07, 6.45) is 0. The normalized spacial score (nSPS) is 16.1. The molecule has 2 N–H and O–H groups in total. The molecule has 0 spiro atoms. The first kappa shape index (κ1) is 18.5. The highest BCUT2D eigenvalue weighted by molar-refractivity contribution is 5.82. The van der Waals surface area contributed by atoms with Crippen LogP contribution in [0.15, 0.2) is 24.3 Å². The van der Waals surface area contributed by atoms with E-state index in [1.165, 1.54) is 0 Å². The van der Waals surface area contributed by atoms with Gasteiger partial charge in [0.1, 0.15) is 18.4 Å². The van der Waals surface area contributed by atoms with Gasteiger partial charge in [-0.15, -0.1) is 0 Å². The first-order valence-electron chi connectivity index (χ1n) is 8.16. The van der Waals surface area contributed by atoms with Gasteiger partial charge in [0.25, 0.3) is 0 Å². The lowest BCUT2D eigenvalue weighted by atomic mass is 10.2. The summed E-state index contributed by atoms with van der Waals surface area (Å²) in [4.78, 5) is 16.3. The Balaban J connectivity index is 1.93. The predicted molar refractivity (Wildman–Crippen MR) is 92.5 cm³/mol. The number of anilines is 1. The van der Waals surface area contributed by atoms with Gasteiger partial charge in [0.15, 0.2) is 0 Å². The van der Waals surface area contributed by atoms with E-state index in [1.807, 2.05) is 24.3 Å². The van der Waals surface area contributed by atoms with Gasteiger partial charge in [-0.1, -0.05) is 12.1 Å². The summed E-state index contributed by atoms with van der Waals surface area (Å²) in [5.41, 5.74) is 6.88. The van der Waals surface area contributed by atoms with Crippen LogP contribution in [0.4, 0.5) is 5.69 Å². The Bertz CT molecular complexity index is 518. The predicted octanol–water partition coefficient (Wildman–Crippen LogP) is 0.334. The lowest BCUT2D eigenvalue weighted by Gasteiger charge is -2.37. The molecule has 0 saturated carbocycles. The number of carbonyl (C=O) groups excluding carboxylic acids is 1. The van der Waals surface area contributed by atoms with Gasteiger partial charge in [0, 0.05) is 40.4 Å². The number of benzene rings is 1. The van der Waals surface area contributed by atoms with Gasteiger partial charge in [-0.2, -0.15) is 0 Å². The zero-order valence-corrected chi connectivity index (χ0v) is 14.4. The Morgan fingerprint density at radius 2 is 1.83 bits per heavy atom. The SMILES string of the molecule is COCCOc1ccccc1N1CCN(C(=O)C(N)COC)CC1. The summed E-state index contributed by atoms with van der Waals surface area (Å²) >= 11 is 0. The largest absolute Gasteiger partial charge is 0.489 e. The summed E-state index contributed by atoms with van der Waals surface area (Å²) in [6, 6.07) is 7.35. The molecular formula is C17H27N3O4. The van der Waals surface area contributed by atoms with Crippen LogP contribution < -0.4 is 15.4 Å². The summed E-state index contributed by atoms with van der Waals surface area (Å²) in [6.45, 7) is 4.08. The molecule has 1 atom stereocenters. The van der Waals surface area contributed by atoms with Crippen molar-refractivity contribution < 1.29 is 19.0 Å². The van der Waals surface area contributed by atoms with Crippen LogP contribution in [-0.4, -0.2) is 77.1 Å². The molecule has 0 aliphatic carbocycles. The monoisotopic (exact) mass is 337 g/mol. The third-order valence-electron chi connectivity index (χ3n) is 4.01. The molecule has 24 heavy (non-hydrogen) atoms. The molecule has 2 rings (SSSR count). The van der Waals surface area contributed by atoms with Gasteiger partial charge in [-0.05, 0) is 12.1 Å². The number of hydrogen-bond acceptors (Lipinski definition) is 6. The maximum Gasteiger partial charge on any atom is 0.241 e. The van der Waals surface area contributed by atoms with E-state index in [0.29, 0.717) is 26.3 Å². The molecule has 1 aliphatic heterocycles. The van der Waals surface area contributed by atoms with E-state index in [1.54, 1.807) is 19.1 Å². The van der Waals surface area contributed by atoms with Gasteiger partial charge in [0.05, 0.1) is 18.9 Å². The summed E-state index contributed by atoms with van der Waals surface area (Å²) in [5.74, 6) is 0.784. The average molecular weight is 337 g/mol. The van der Waals surface area contributed by atoms with Gasteiger partial charge < -0.3 is 29.7 Å². The van der Waals surface area contributed by atoms with Crippen LogP contribution in [-0.2, 0) is 14.3 Å².